The van der Waals surface area contributed by atoms with Crippen molar-refractivity contribution in [1.29, 1.82) is 5.26 Å². The number of hydrogen-bond acceptors (Lipinski definition) is 8. The summed E-state index contributed by atoms with van der Waals surface area (Å²) in [4.78, 5) is 26.1. The smallest absolute Gasteiger partial charge is 0.275 e. The fourth-order valence-corrected chi connectivity index (χ4v) is 8.27. The van der Waals surface area contributed by atoms with Gasteiger partial charge in [-0.05, 0) is 64.3 Å². The van der Waals surface area contributed by atoms with Crippen LogP contribution in [0.1, 0.15) is 67.3 Å². The number of aryl methyl sites for hydroxylation is 1. The van der Waals surface area contributed by atoms with Gasteiger partial charge in [-0.25, -0.2) is 14.4 Å². The second kappa shape index (κ2) is 8.86. The molecule has 2 aliphatic heterocycles. The van der Waals surface area contributed by atoms with E-state index < -0.39 is 37.8 Å². The molecule has 35 heavy (non-hydrogen) atoms. The molecular weight excluding hydrogens is 469 g/mol. The average molecular weight is 500 g/mol. The molecule has 0 saturated carbocycles. The van der Waals surface area contributed by atoms with Crippen molar-refractivity contribution in [3.63, 3.8) is 0 Å². The summed E-state index contributed by atoms with van der Waals surface area (Å²) in [6.45, 7) is 7.78. The molecule has 0 aromatic carbocycles. The molecule has 5 N–H and O–H groups in total. The largest absolute Gasteiger partial charge is 0.386 e. The maximum absolute atomic E-state index is 15.3. The van der Waals surface area contributed by atoms with E-state index in [2.05, 4.69) is 20.0 Å². The van der Waals surface area contributed by atoms with E-state index in [1.165, 1.54) is 18.3 Å². The first-order valence-corrected chi connectivity index (χ1v) is 13.1. The van der Waals surface area contributed by atoms with Crippen molar-refractivity contribution in [2.24, 2.45) is 10.7 Å². The first kappa shape index (κ1) is 25.0. The van der Waals surface area contributed by atoms with E-state index in [0.717, 1.165) is 12.8 Å². The third-order valence-corrected chi connectivity index (χ3v) is 10.9. The van der Waals surface area contributed by atoms with Crippen LogP contribution in [-0.4, -0.2) is 42.8 Å². The minimum Gasteiger partial charge on any atom is -0.386 e. The van der Waals surface area contributed by atoms with Gasteiger partial charge in [-0.3, -0.25) is 14.5 Å². The number of anilines is 1. The number of pyridine rings is 2. The number of aromatic nitrogens is 2. The number of fused-ring (bicyclic) bond motifs is 1. The lowest BCUT2D eigenvalue weighted by molar-refractivity contribution is 0.102. The maximum Gasteiger partial charge on any atom is 0.275 e. The van der Waals surface area contributed by atoms with Gasteiger partial charge in [0.25, 0.3) is 5.91 Å². The van der Waals surface area contributed by atoms with Gasteiger partial charge in [-0.1, -0.05) is 16.9 Å². The van der Waals surface area contributed by atoms with Crippen LogP contribution in [0.5, 0.6) is 0 Å². The van der Waals surface area contributed by atoms with Crippen LogP contribution in [0.25, 0.3) is 0 Å². The van der Waals surface area contributed by atoms with Crippen LogP contribution < -0.4 is 15.8 Å². The van der Waals surface area contributed by atoms with Crippen LogP contribution in [0.2, 0.25) is 0 Å². The lowest BCUT2D eigenvalue weighted by Gasteiger charge is -2.58. The summed E-state index contributed by atoms with van der Waals surface area (Å²) in [6.07, 6.45) is 3.66. The SMILES string of the molecule is Cc1cc(C#N)cnc1C(=O)Nc1ccc(F)c([C@@]2(C)N=C(N)C(C)(C)S3(O)NCCCC[C@H]23)n1. The number of nitriles is 1. The molecule has 3 atom stereocenters. The Hall–Kier alpha value is -3.07. The number of halogens is 1. The molecule has 1 unspecified atom stereocenters. The monoisotopic (exact) mass is 499 g/mol. The Labute approximate surface area is 205 Å². The Morgan fingerprint density at radius 1 is 1.37 bits per heavy atom. The molecule has 9 nitrogen and oxygen atoms in total. The average Bonchev–Trinajstić information content (AvgIpc) is 3.02. The summed E-state index contributed by atoms with van der Waals surface area (Å²) in [5, 5.41) is 11.3. The van der Waals surface area contributed by atoms with Crippen molar-refractivity contribution >= 4 is 28.1 Å². The van der Waals surface area contributed by atoms with Gasteiger partial charge in [-0.2, -0.15) is 5.26 Å². The Morgan fingerprint density at radius 2 is 2.11 bits per heavy atom. The zero-order chi connectivity index (χ0) is 25.6. The number of hydrogen-bond donors (Lipinski definition) is 4. The van der Waals surface area contributed by atoms with Gasteiger partial charge in [0.1, 0.15) is 40.5 Å². The predicted octanol–water partition coefficient (Wildman–Crippen LogP) is 3.75. The maximum atomic E-state index is 15.3. The van der Waals surface area contributed by atoms with Crippen LogP contribution >= 0.6 is 10.5 Å². The Morgan fingerprint density at radius 3 is 2.80 bits per heavy atom. The van der Waals surface area contributed by atoms with Gasteiger partial charge in [0.05, 0.1) is 15.6 Å². The summed E-state index contributed by atoms with van der Waals surface area (Å²) in [7, 11) is -2.55. The number of nitrogens with zero attached hydrogens (tertiary/aromatic N) is 4. The number of amidine groups is 1. The summed E-state index contributed by atoms with van der Waals surface area (Å²) in [6, 6.07) is 6.14. The Kier molecular flexibility index (Phi) is 6.34. The molecule has 4 heterocycles. The minimum absolute atomic E-state index is 0.0119. The van der Waals surface area contributed by atoms with Gasteiger partial charge < -0.3 is 15.6 Å². The van der Waals surface area contributed by atoms with Crippen molar-refractivity contribution in [1.82, 2.24) is 14.7 Å². The number of amides is 1. The molecule has 1 amide bonds. The number of carbonyl (C=O) groups excluding carboxylic acids is 1. The molecule has 2 aromatic heterocycles. The first-order valence-electron chi connectivity index (χ1n) is 11.4. The molecule has 1 saturated heterocycles. The molecule has 186 valence electrons. The van der Waals surface area contributed by atoms with Gasteiger partial charge in [-0.15, -0.1) is 0 Å². The van der Waals surface area contributed by atoms with Crippen LogP contribution in [0.4, 0.5) is 10.2 Å². The lowest BCUT2D eigenvalue weighted by atomic mass is 9.88. The van der Waals surface area contributed by atoms with E-state index in [1.807, 2.05) is 19.9 Å². The molecule has 0 radical (unpaired) electrons. The number of carbonyl (C=O) groups is 1. The second-order valence-corrected chi connectivity index (χ2v) is 12.8. The van der Waals surface area contributed by atoms with Gasteiger partial charge in [0.15, 0.2) is 0 Å². The highest BCUT2D eigenvalue weighted by atomic mass is 32.3. The van der Waals surface area contributed by atoms with Crippen LogP contribution in [-0.2, 0) is 5.54 Å². The molecule has 0 bridgehead atoms. The molecule has 11 heteroatoms. The predicted molar refractivity (Wildman–Crippen MR) is 135 cm³/mol. The van der Waals surface area contributed by atoms with Crippen molar-refractivity contribution < 1.29 is 13.7 Å². The Bertz CT molecular complexity index is 1260. The van der Waals surface area contributed by atoms with Crippen molar-refractivity contribution in [3.8, 4) is 6.07 Å². The fourth-order valence-electron chi connectivity index (χ4n) is 4.84. The van der Waals surface area contributed by atoms with E-state index in [1.54, 1.807) is 19.9 Å². The normalized spacial score (nSPS) is 29.5. The number of aliphatic imine (C=N–C) groups is 1. The molecule has 1 fully saturated rings. The van der Waals surface area contributed by atoms with E-state index in [4.69, 9.17) is 16.0 Å². The van der Waals surface area contributed by atoms with E-state index in [9.17, 15) is 9.35 Å². The summed E-state index contributed by atoms with van der Waals surface area (Å²) < 4.78 is 29.8. The zero-order valence-electron chi connectivity index (χ0n) is 20.2. The highest BCUT2D eigenvalue weighted by Gasteiger charge is 2.59. The van der Waals surface area contributed by atoms with E-state index in [0.29, 0.717) is 24.1 Å². The van der Waals surface area contributed by atoms with Crippen molar-refractivity contribution in [2.45, 2.75) is 62.5 Å². The lowest BCUT2D eigenvalue weighted by Crippen LogP contribution is -2.60. The van der Waals surface area contributed by atoms with Gasteiger partial charge in [0.2, 0.25) is 0 Å². The van der Waals surface area contributed by atoms with Crippen LogP contribution in [0.3, 0.4) is 0 Å². The standard InChI is InChI=1S/C24H30FN7O2S/c1-14-11-15(12-26)13-28-19(14)21(33)31-18-9-8-16(25)20(30-18)24(4)17-7-5-6-10-29-35(17,34)23(2,3)22(27)32-24/h8-9,11,13,17,29,34H,5-7,10H2,1-4H3,(H2,27,32)(H,30,31,33)/t17-,24+/m1/s1. The van der Waals surface area contributed by atoms with Gasteiger partial charge >= 0.3 is 0 Å². The van der Waals surface area contributed by atoms with Crippen LogP contribution in [0, 0.1) is 24.1 Å². The topological polar surface area (TPSA) is 149 Å². The fraction of sp³-hybridized carbons (Fsp3) is 0.458. The summed E-state index contributed by atoms with van der Waals surface area (Å²) in [5.41, 5.74) is 6.15. The first-order chi connectivity index (χ1) is 16.4. The molecule has 2 aliphatic rings. The van der Waals surface area contributed by atoms with Crippen molar-refractivity contribution in [3.05, 3.63) is 52.7 Å². The molecule has 4 rings (SSSR count). The number of rotatable bonds is 3. The third kappa shape index (κ3) is 4.05. The second-order valence-electron chi connectivity index (χ2n) is 9.64. The van der Waals surface area contributed by atoms with Crippen molar-refractivity contribution in [2.75, 3.05) is 11.9 Å². The number of nitrogens with one attached hydrogen (secondary N) is 2. The molecule has 0 spiro atoms. The third-order valence-electron chi connectivity index (χ3n) is 6.99. The van der Waals surface area contributed by atoms with Crippen LogP contribution in [0.15, 0.2) is 29.4 Å². The van der Waals surface area contributed by atoms with E-state index >= 15 is 4.39 Å². The molecule has 2 aromatic rings. The highest BCUT2D eigenvalue weighted by molar-refractivity contribution is 8.29. The summed E-state index contributed by atoms with van der Waals surface area (Å²) >= 11 is 0. The highest BCUT2D eigenvalue weighted by Crippen LogP contribution is 2.66. The minimum atomic E-state index is -2.55. The zero-order valence-corrected chi connectivity index (χ0v) is 21.0. The molecule has 0 aliphatic carbocycles. The quantitative estimate of drug-likeness (QED) is 0.502. The number of nitrogens with two attached hydrogens (primary N) is 1. The Balaban J connectivity index is 1.76. The summed E-state index contributed by atoms with van der Waals surface area (Å²) in [5.74, 6) is -0.776. The van der Waals surface area contributed by atoms with Gasteiger partial charge in [0, 0.05) is 12.7 Å². The van der Waals surface area contributed by atoms with E-state index in [-0.39, 0.29) is 23.0 Å². The molecular formula is C24H30FN7O2S.